The van der Waals surface area contributed by atoms with Crippen LogP contribution in [0.5, 0.6) is 0 Å². The quantitative estimate of drug-likeness (QED) is 0.0940. The van der Waals surface area contributed by atoms with Crippen molar-refractivity contribution in [2.24, 2.45) is 0 Å². The van der Waals surface area contributed by atoms with Crippen molar-refractivity contribution in [1.29, 1.82) is 0 Å². The van der Waals surface area contributed by atoms with Crippen molar-refractivity contribution in [3.05, 3.63) is 48.0 Å². The SMILES string of the molecule is CCO[Si](OCC)(OCC)c1cc(C)ccc1SSSSSSSc1nc2ccccc2s1. The fourth-order valence-corrected chi connectivity index (χ4v) is 21.6. The lowest BCUT2D eigenvalue weighted by Crippen LogP contribution is -2.57. The van der Waals surface area contributed by atoms with Crippen molar-refractivity contribution in [3.63, 3.8) is 0 Å². The van der Waals surface area contributed by atoms with Gasteiger partial charge in [-0.3, -0.25) is 0 Å². The smallest absolute Gasteiger partial charge is 0.370 e. The van der Waals surface area contributed by atoms with E-state index in [2.05, 4.69) is 48.3 Å². The average molecular weight is 612 g/mol. The fraction of sp³-hybridized carbons (Fsp3) is 0.350. The predicted molar refractivity (Wildman–Crippen MR) is 161 cm³/mol. The third-order valence-corrected chi connectivity index (χ3v) is 21.4. The molecule has 0 N–H and O–H groups in total. The number of hydrogen-bond donors (Lipinski definition) is 0. The Balaban J connectivity index is 1.51. The van der Waals surface area contributed by atoms with Crippen LogP contribution in [-0.2, 0) is 13.3 Å². The largest absolute Gasteiger partial charge is 0.538 e. The summed E-state index contributed by atoms with van der Waals surface area (Å²) in [7, 11) is 9.25. The van der Waals surface area contributed by atoms with E-state index < -0.39 is 8.80 Å². The number of aromatic nitrogens is 1. The number of thiazole rings is 1. The van der Waals surface area contributed by atoms with Crippen LogP contribution in [0, 0.1) is 6.92 Å². The molecule has 1 aromatic heterocycles. The zero-order chi connectivity index (χ0) is 23.5. The molecule has 3 aromatic rings. The van der Waals surface area contributed by atoms with Gasteiger partial charge in [-0.15, -0.1) is 11.3 Å². The number of benzene rings is 2. The van der Waals surface area contributed by atoms with Gasteiger partial charge in [0, 0.05) is 29.9 Å². The summed E-state index contributed by atoms with van der Waals surface area (Å²) >= 11 is 1.74. The zero-order valence-electron chi connectivity index (χ0n) is 18.6. The van der Waals surface area contributed by atoms with Crippen LogP contribution in [0.3, 0.4) is 0 Å². The van der Waals surface area contributed by atoms with Crippen molar-refractivity contribution in [2.75, 3.05) is 19.8 Å². The van der Waals surface area contributed by atoms with Gasteiger partial charge in [-0.25, -0.2) is 4.98 Å². The van der Waals surface area contributed by atoms with Crippen molar-refractivity contribution >= 4 is 106 Å². The molecule has 0 unspecified atom stereocenters. The van der Waals surface area contributed by atoms with Crippen LogP contribution < -0.4 is 5.19 Å². The van der Waals surface area contributed by atoms with E-state index in [1.54, 1.807) is 82.1 Å². The van der Waals surface area contributed by atoms with E-state index in [4.69, 9.17) is 13.3 Å². The first-order valence-electron chi connectivity index (χ1n) is 10.2. The Kier molecular flexibility index (Phi) is 13.1. The van der Waals surface area contributed by atoms with Gasteiger partial charge in [0.1, 0.15) is 0 Å². The number of fused-ring (bicyclic) bond motifs is 1. The number of para-hydroxylation sites is 1. The highest BCUT2D eigenvalue weighted by Gasteiger charge is 2.45. The normalized spacial score (nSPS) is 12.0. The molecule has 1 heterocycles. The second kappa shape index (κ2) is 15.2. The highest BCUT2D eigenvalue weighted by Crippen LogP contribution is 2.57. The second-order valence-electron chi connectivity index (χ2n) is 6.31. The summed E-state index contributed by atoms with van der Waals surface area (Å²) in [5, 5.41) is 1.06. The molecule has 4 nitrogen and oxygen atoms in total. The maximum atomic E-state index is 6.16. The van der Waals surface area contributed by atoms with Crippen LogP contribution in [0.4, 0.5) is 0 Å². The highest BCUT2D eigenvalue weighted by atomic mass is 33.9. The molecular formula is C20H25NO3S8Si. The topological polar surface area (TPSA) is 40.6 Å². The molecule has 0 atom stereocenters. The van der Waals surface area contributed by atoms with Crippen molar-refractivity contribution in [3.8, 4) is 0 Å². The summed E-state index contributed by atoms with van der Waals surface area (Å²) < 4.78 is 20.8. The Hall–Kier alpha value is 0.877. The lowest BCUT2D eigenvalue weighted by molar-refractivity contribution is 0.0854. The Bertz CT molecular complexity index is 958. The molecule has 0 aliphatic heterocycles. The molecule has 180 valence electrons. The summed E-state index contributed by atoms with van der Waals surface area (Å²) in [5.41, 5.74) is 2.25. The van der Waals surface area contributed by atoms with E-state index in [-0.39, 0.29) is 0 Å². The van der Waals surface area contributed by atoms with Gasteiger partial charge in [0.25, 0.3) is 0 Å². The van der Waals surface area contributed by atoms with Crippen LogP contribution in [0.15, 0.2) is 51.7 Å². The molecule has 33 heavy (non-hydrogen) atoms. The predicted octanol–water partition coefficient (Wildman–Crippen LogP) is 8.90. The maximum absolute atomic E-state index is 6.16. The molecule has 0 fully saturated rings. The van der Waals surface area contributed by atoms with E-state index in [0.717, 1.165) is 19.9 Å². The van der Waals surface area contributed by atoms with Gasteiger partial charge in [-0.05, 0) is 117 Å². The monoisotopic (exact) mass is 611 g/mol. The molecule has 13 heteroatoms. The zero-order valence-corrected chi connectivity index (χ0v) is 26.1. The first kappa shape index (κ1) is 28.4. The molecule has 2 aromatic carbocycles. The minimum absolute atomic E-state index is 0.558. The lowest BCUT2D eigenvalue weighted by Gasteiger charge is -2.30. The highest BCUT2D eigenvalue weighted by molar-refractivity contribution is 9.46. The van der Waals surface area contributed by atoms with Gasteiger partial charge in [0.05, 0.1) is 10.2 Å². The van der Waals surface area contributed by atoms with Crippen LogP contribution in [-0.4, -0.2) is 33.6 Å². The fourth-order valence-electron chi connectivity index (χ4n) is 2.90. The molecule has 0 spiro atoms. The van der Waals surface area contributed by atoms with Gasteiger partial charge in [0.2, 0.25) is 0 Å². The molecule has 3 rings (SSSR count). The lowest BCUT2D eigenvalue weighted by atomic mass is 10.2. The number of nitrogens with zero attached hydrogens (tertiary/aromatic N) is 1. The standard InChI is InChI=1S/C20H25NO3S8Si/c1-5-22-33(23-6-2,24-7-3)19-14-15(4)12-13-18(19)26-28-30-32-31-29-27-20-21-16-10-8-9-11-17(16)25-20/h8-14H,5-7H2,1-4H3. The number of rotatable bonds is 15. The van der Waals surface area contributed by atoms with Gasteiger partial charge >= 0.3 is 8.80 Å². The summed E-state index contributed by atoms with van der Waals surface area (Å²) in [6, 6.07) is 14.7. The molecule has 0 saturated carbocycles. The summed E-state index contributed by atoms with van der Waals surface area (Å²) in [6.45, 7) is 9.74. The minimum Gasteiger partial charge on any atom is -0.370 e. The van der Waals surface area contributed by atoms with Gasteiger partial charge in [-0.2, -0.15) is 0 Å². The Morgan fingerprint density at radius 1 is 0.818 bits per heavy atom. The summed E-state index contributed by atoms with van der Waals surface area (Å²) in [6.07, 6.45) is 0. The van der Waals surface area contributed by atoms with Gasteiger partial charge in [0.15, 0.2) is 4.34 Å². The average Bonchev–Trinajstić information content (AvgIpc) is 3.22. The summed E-state index contributed by atoms with van der Waals surface area (Å²) in [4.78, 5) is 5.80. The first-order valence-corrected chi connectivity index (χ1v) is 21.5. The molecule has 0 saturated heterocycles. The van der Waals surface area contributed by atoms with Crippen molar-refractivity contribution in [1.82, 2.24) is 4.98 Å². The summed E-state index contributed by atoms with van der Waals surface area (Å²) in [5.74, 6) is 0. The molecule has 0 amide bonds. The third-order valence-electron chi connectivity index (χ3n) is 4.08. The Morgan fingerprint density at radius 2 is 1.45 bits per heavy atom. The number of aryl methyl sites for hydroxylation is 1. The van der Waals surface area contributed by atoms with E-state index >= 15 is 0 Å². The molecule has 0 aliphatic carbocycles. The minimum atomic E-state index is -2.95. The van der Waals surface area contributed by atoms with Crippen molar-refractivity contribution in [2.45, 2.75) is 36.9 Å². The first-order chi connectivity index (χ1) is 16.1. The van der Waals surface area contributed by atoms with E-state index in [9.17, 15) is 0 Å². The Labute approximate surface area is 227 Å². The van der Waals surface area contributed by atoms with Gasteiger partial charge < -0.3 is 13.3 Å². The van der Waals surface area contributed by atoms with E-state index in [1.165, 1.54) is 10.3 Å². The van der Waals surface area contributed by atoms with Crippen molar-refractivity contribution < 1.29 is 13.3 Å². The van der Waals surface area contributed by atoms with Crippen LogP contribution in [0.2, 0.25) is 0 Å². The van der Waals surface area contributed by atoms with Gasteiger partial charge in [-0.1, -0.05) is 29.8 Å². The number of hydrogen-bond acceptors (Lipinski definition) is 12. The van der Waals surface area contributed by atoms with Crippen LogP contribution >= 0.6 is 82.1 Å². The molecular weight excluding hydrogens is 587 g/mol. The second-order valence-corrected chi connectivity index (χ2v) is 21.1. The molecule has 0 bridgehead atoms. The maximum Gasteiger partial charge on any atom is 0.538 e. The van der Waals surface area contributed by atoms with E-state index in [1.807, 2.05) is 26.8 Å². The van der Waals surface area contributed by atoms with Crippen LogP contribution in [0.1, 0.15) is 26.3 Å². The van der Waals surface area contributed by atoms with Crippen LogP contribution in [0.25, 0.3) is 10.2 Å². The third kappa shape index (κ3) is 8.46. The Morgan fingerprint density at radius 3 is 2.12 bits per heavy atom. The molecule has 0 radical (unpaired) electrons. The van der Waals surface area contributed by atoms with E-state index in [0.29, 0.717) is 19.8 Å². The molecule has 0 aliphatic rings.